The van der Waals surface area contributed by atoms with Gasteiger partial charge in [-0.05, 0) is 6.42 Å². The lowest BCUT2D eigenvalue weighted by atomic mass is 9.92. The number of ether oxygens (including phenoxy) is 2. The molecule has 0 aromatic rings. The average Bonchev–Trinajstić information content (AvgIpc) is 2.15. The van der Waals surface area contributed by atoms with Gasteiger partial charge in [-0.3, -0.25) is 0 Å². The third kappa shape index (κ3) is 3.15. The van der Waals surface area contributed by atoms with E-state index in [2.05, 4.69) is 14.8 Å². The molecule has 0 aromatic heterocycles. The lowest BCUT2D eigenvalue weighted by Gasteiger charge is -2.27. The second-order valence-corrected chi connectivity index (χ2v) is 3.38. The van der Waals surface area contributed by atoms with E-state index >= 15 is 0 Å². The van der Waals surface area contributed by atoms with Gasteiger partial charge in [-0.1, -0.05) is 19.7 Å². The summed E-state index contributed by atoms with van der Waals surface area (Å²) < 4.78 is 10.9. The van der Waals surface area contributed by atoms with Gasteiger partial charge in [0.15, 0.2) is 0 Å². The fraction of sp³-hybridized carbons (Fsp3) is 0.889. The summed E-state index contributed by atoms with van der Waals surface area (Å²) in [6, 6.07) is 0. The van der Waals surface area contributed by atoms with Crippen molar-refractivity contribution < 1.29 is 9.47 Å². The van der Waals surface area contributed by atoms with Gasteiger partial charge in [-0.15, -0.1) is 0 Å². The molecule has 0 N–H and O–H groups in total. The molecule has 12 heavy (non-hydrogen) atoms. The third-order valence-electron chi connectivity index (χ3n) is 2.29. The molecule has 0 spiro atoms. The molecule has 0 saturated carbocycles. The first-order valence-electron chi connectivity index (χ1n) is 4.86. The highest BCUT2D eigenvalue weighted by Crippen LogP contribution is 2.19. The van der Waals surface area contributed by atoms with Gasteiger partial charge in [0, 0.05) is 5.92 Å². The highest BCUT2D eigenvalue weighted by Gasteiger charge is 2.20. The van der Waals surface area contributed by atoms with E-state index in [0.29, 0.717) is 0 Å². The van der Waals surface area contributed by atoms with Crippen LogP contribution in [0.15, 0.2) is 0 Å². The van der Waals surface area contributed by atoms with Gasteiger partial charge < -0.3 is 9.47 Å². The molecule has 3 heteroatoms. The summed E-state index contributed by atoms with van der Waals surface area (Å²) >= 11 is 0. The molecule has 1 rings (SSSR count). The number of rotatable bonds is 4. The molecule has 2 nitrogen and oxygen atoms in total. The summed E-state index contributed by atoms with van der Waals surface area (Å²) in [6.07, 6.45) is 3.98. The molecule has 1 aliphatic rings. The van der Waals surface area contributed by atoms with Gasteiger partial charge in [0.05, 0.1) is 25.9 Å². The Labute approximate surface area is 76.0 Å². The lowest BCUT2D eigenvalue weighted by Crippen LogP contribution is -2.32. The van der Waals surface area contributed by atoms with E-state index in [1.165, 1.54) is 25.1 Å². The summed E-state index contributed by atoms with van der Waals surface area (Å²) in [7, 11) is 2.21. The lowest BCUT2D eigenvalue weighted by molar-refractivity contribution is -0.0821. The Morgan fingerprint density at radius 3 is 2.92 bits per heavy atom. The Morgan fingerprint density at radius 1 is 1.50 bits per heavy atom. The molecule has 1 heterocycles. The molecule has 1 fully saturated rings. The van der Waals surface area contributed by atoms with E-state index in [1.807, 2.05) is 0 Å². The van der Waals surface area contributed by atoms with Gasteiger partial charge in [0.2, 0.25) is 0 Å². The second kappa shape index (κ2) is 5.60. The molecule has 1 unspecified atom stereocenters. The summed E-state index contributed by atoms with van der Waals surface area (Å²) in [4.78, 5) is 0. The summed E-state index contributed by atoms with van der Waals surface area (Å²) in [5.41, 5.74) is 0. The van der Waals surface area contributed by atoms with Crippen molar-refractivity contribution in [3.05, 3.63) is 5.92 Å². The first-order valence-corrected chi connectivity index (χ1v) is 4.86. The van der Waals surface area contributed by atoms with Gasteiger partial charge in [0.25, 0.3) is 0 Å². The van der Waals surface area contributed by atoms with Crippen LogP contribution in [-0.4, -0.2) is 33.8 Å². The molecular formula is C9H18BO2. The molecular weight excluding hydrogens is 151 g/mol. The fourth-order valence-corrected chi connectivity index (χ4v) is 1.39. The summed E-state index contributed by atoms with van der Waals surface area (Å²) in [5.74, 6) is 1.44. The minimum atomic E-state index is 0.269. The van der Waals surface area contributed by atoms with Crippen molar-refractivity contribution in [2.75, 3.05) is 19.8 Å². The minimum absolute atomic E-state index is 0.269. The molecule has 1 radical (unpaired) electrons. The van der Waals surface area contributed by atoms with Crippen molar-refractivity contribution in [2.24, 2.45) is 0 Å². The maximum absolute atomic E-state index is 5.57. The van der Waals surface area contributed by atoms with Crippen molar-refractivity contribution in [1.82, 2.24) is 0 Å². The monoisotopic (exact) mass is 169 g/mol. The summed E-state index contributed by atoms with van der Waals surface area (Å²) in [5, 5.41) is 0. The van der Waals surface area contributed by atoms with Gasteiger partial charge in [0.1, 0.15) is 7.85 Å². The fourth-order valence-electron chi connectivity index (χ4n) is 1.39. The molecule has 1 atom stereocenters. The van der Waals surface area contributed by atoms with Gasteiger partial charge in [-0.25, -0.2) is 0 Å². The van der Waals surface area contributed by atoms with Crippen LogP contribution in [0.25, 0.3) is 0 Å². The minimum Gasteiger partial charge on any atom is -0.376 e. The van der Waals surface area contributed by atoms with Crippen molar-refractivity contribution >= 4 is 7.85 Å². The Kier molecular flexibility index (Phi) is 4.70. The smallest absolute Gasteiger partial charge is 0.101 e. The van der Waals surface area contributed by atoms with E-state index < -0.39 is 0 Å². The Bertz CT molecular complexity index is 113. The molecule has 1 aliphatic heterocycles. The zero-order chi connectivity index (χ0) is 8.81. The predicted octanol–water partition coefficient (Wildman–Crippen LogP) is 0.828. The van der Waals surface area contributed by atoms with Gasteiger partial charge in [-0.2, -0.15) is 0 Å². The zero-order valence-electron chi connectivity index (χ0n) is 8.14. The number of hydrogen-bond acceptors (Lipinski definition) is 2. The van der Waals surface area contributed by atoms with Crippen LogP contribution in [0.5, 0.6) is 0 Å². The molecule has 0 amide bonds. The van der Waals surface area contributed by atoms with Crippen LogP contribution in [0.4, 0.5) is 0 Å². The zero-order valence-corrected chi connectivity index (χ0v) is 8.14. The Balaban J connectivity index is 2.15. The molecule has 69 valence electrons. The summed E-state index contributed by atoms with van der Waals surface area (Å²) in [6.45, 7) is 4.45. The van der Waals surface area contributed by atoms with Crippen LogP contribution in [0, 0.1) is 5.92 Å². The van der Waals surface area contributed by atoms with Crippen LogP contribution in [-0.2, 0) is 9.47 Å². The van der Waals surface area contributed by atoms with E-state index in [1.54, 1.807) is 0 Å². The highest BCUT2D eigenvalue weighted by molar-refractivity contribution is 6.08. The van der Waals surface area contributed by atoms with Crippen LogP contribution in [0.3, 0.4) is 0 Å². The third-order valence-corrected chi connectivity index (χ3v) is 2.29. The van der Waals surface area contributed by atoms with Crippen LogP contribution in [0.2, 0.25) is 6.32 Å². The predicted molar refractivity (Wildman–Crippen MR) is 52.1 cm³/mol. The first kappa shape index (κ1) is 10.1. The second-order valence-electron chi connectivity index (χ2n) is 3.38. The van der Waals surface area contributed by atoms with Crippen molar-refractivity contribution in [3.63, 3.8) is 0 Å². The Morgan fingerprint density at radius 2 is 2.33 bits per heavy atom. The Hall–Kier alpha value is -0.0151. The topological polar surface area (TPSA) is 18.5 Å². The molecule has 0 bridgehead atoms. The SMILES string of the molecule is BCCC[C](C)C1COCCO1. The first-order chi connectivity index (χ1) is 5.84. The quantitative estimate of drug-likeness (QED) is 0.580. The van der Waals surface area contributed by atoms with E-state index in [0.717, 1.165) is 19.8 Å². The standard InChI is InChI=1S/C9H18BO2/c1-8(3-2-4-10)9-7-11-5-6-12-9/h9H,2-7,10H2,1H3. The maximum atomic E-state index is 5.57. The normalized spacial score (nSPS) is 24.7. The molecule has 1 saturated heterocycles. The van der Waals surface area contributed by atoms with Crippen molar-refractivity contribution in [2.45, 2.75) is 32.2 Å². The largest absolute Gasteiger partial charge is 0.376 e. The van der Waals surface area contributed by atoms with Gasteiger partial charge >= 0.3 is 0 Å². The average molecular weight is 169 g/mol. The molecule has 0 aliphatic carbocycles. The maximum Gasteiger partial charge on any atom is 0.101 e. The van der Waals surface area contributed by atoms with E-state index in [9.17, 15) is 0 Å². The highest BCUT2D eigenvalue weighted by atomic mass is 16.6. The van der Waals surface area contributed by atoms with E-state index in [4.69, 9.17) is 9.47 Å². The van der Waals surface area contributed by atoms with Crippen molar-refractivity contribution in [3.8, 4) is 0 Å². The van der Waals surface area contributed by atoms with Crippen molar-refractivity contribution in [1.29, 1.82) is 0 Å². The van der Waals surface area contributed by atoms with Crippen LogP contribution < -0.4 is 0 Å². The van der Waals surface area contributed by atoms with E-state index in [-0.39, 0.29) is 6.10 Å². The number of hydrogen-bond donors (Lipinski definition) is 0. The molecule has 0 aromatic carbocycles. The van der Waals surface area contributed by atoms with Crippen LogP contribution >= 0.6 is 0 Å². The van der Waals surface area contributed by atoms with Crippen LogP contribution in [0.1, 0.15) is 19.8 Å².